The van der Waals surface area contributed by atoms with E-state index in [1.165, 1.54) is 11.1 Å². The van der Waals surface area contributed by atoms with Crippen molar-refractivity contribution in [2.24, 2.45) is 0 Å². The van der Waals surface area contributed by atoms with Gasteiger partial charge < -0.3 is 15.5 Å². The van der Waals surface area contributed by atoms with Crippen LogP contribution in [0.4, 0.5) is 5.95 Å². The van der Waals surface area contributed by atoms with Gasteiger partial charge in [0.2, 0.25) is 5.95 Å². The summed E-state index contributed by atoms with van der Waals surface area (Å²) >= 11 is 0. The molecule has 1 fully saturated rings. The van der Waals surface area contributed by atoms with E-state index in [2.05, 4.69) is 55.8 Å². The highest BCUT2D eigenvalue weighted by atomic mass is 16.1. The Morgan fingerprint density at radius 2 is 1.77 bits per heavy atom. The third-order valence-corrected chi connectivity index (χ3v) is 6.21. The first-order valence-electron chi connectivity index (χ1n) is 11.0. The molecule has 6 nitrogen and oxygen atoms in total. The lowest BCUT2D eigenvalue weighted by molar-refractivity contribution is 0.0932. The summed E-state index contributed by atoms with van der Waals surface area (Å²) in [7, 11) is 0. The predicted octanol–water partition coefficient (Wildman–Crippen LogP) is 3.41. The van der Waals surface area contributed by atoms with Gasteiger partial charge in [0.15, 0.2) is 0 Å². The Kier molecular flexibility index (Phi) is 5.63. The summed E-state index contributed by atoms with van der Waals surface area (Å²) in [6.45, 7) is 3.59. The van der Waals surface area contributed by atoms with E-state index >= 15 is 0 Å². The fourth-order valence-electron chi connectivity index (χ4n) is 4.58. The number of rotatable bonds is 4. The number of amides is 1. The van der Waals surface area contributed by atoms with Gasteiger partial charge in [-0.1, -0.05) is 36.4 Å². The molecule has 158 valence electrons. The van der Waals surface area contributed by atoms with Crippen LogP contribution in [-0.2, 0) is 0 Å². The lowest BCUT2D eigenvalue weighted by Crippen LogP contribution is -2.45. The minimum atomic E-state index is 0.00732. The van der Waals surface area contributed by atoms with Gasteiger partial charge in [0.05, 0.1) is 0 Å². The Balaban J connectivity index is 1.32. The van der Waals surface area contributed by atoms with Gasteiger partial charge in [-0.15, -0.1) is 0 Å². The quantitative estimate of drug-likeness (QED) is 0.686. The minimum absolute atomic E-state index is 0.00732. The maximum Gasteiger partial charge on any atom is 0.252 e. The molecule has 2 N–H and O–H groups in total. The standard InChI is InChI=1S/C25H27N5O/c31-24(29-19-10-15-30(16-11-19)25-27-13-4-14-28-25)23-9-2-7-21-20(6-1-8-22(21)23)18-5-3-12-26-17-18/h1-2,4-9,13-14,19,26H,3,10-12,15-17H2,(H,29,31). The first-order chi connectivity index (χ1) is 15.3. The molecule has 2 aliphatic rings. The normalized spacial score (nSPS) is 17.4. The van der Waals surface area contributed by atoms with Crippen LogP contribution in [0.1, 0.15) is 35.2 Å². The minimum Gasteiger partial charge on any atom is -0.349 e. The van der Waals surface area contributed by atoms with E-state index in [0.717, 1.165) is 67.7 Å². The zero-order valence-electron chi connectivity index (χ0n) is 17.6. The molecule has 0 aliphatic carbocycles. The molecule has 0 spiro atoms. The van der Waals surface area contributed by atoms with Crippen molar-refractivity contribution in [2.75, 3.05) is 31.1 Å². The van der Waals surface area contributed by atoms with E-state index in [-0.39, 0.29) is 11.9 Å². The van der Waals surface area contributed by atoms with Crippen LogP contribution in [0.2, 0.25) is 0 Å². The van der Waals surface area contributed by atoms with E-state index < -0.39 is 0 Å². The molecule has 1 amide bonds. The van der Waals surface area contributed by atoms with E-state index in [4.69, 9.17) is 0 Å². The molecule has 0 unspecified atom stereocenters. The molecule has 1 aromatic heterocycles. The van der Waals surface area contributed by atoms with Gasteiger partial charge in [0, 0.05) is 43.6 Å². The molecule has 2 aromatic carbocycles. The first-order valence-corrected chi connectivity index (χ1v) is 11.0. The van der Waals surface area contributed by atoms with Crippen molar-refractivity contribution < 1.29 is 4.79 Å². The monoisotopic (exact) mass is 413 g/mol. The van der Waals surface area contributed by atoms with Crippen molar-refractivity contribution in [2.45, 2.75) is 25.3 Å². The van der Waals surface area contributed by atoms with Crippen molar-refractivity contribution in [3.05, 3.63) is 72.1 Å². The molecule has 0 saturated carbocycles. The molecule has 1 saturated heterocycles. The van der Waals surface area contributed by atoms with Crippen LogP contribution < -0.4 is 15.5 Å². The fraction of sp³-hybridized carbons (Fsp3) is 0.320. The summed E-state index contributed by atoms with van der Waals surface area (Å²) in [5, 5.41) is 8.86. The number of carbonyl (C=O) groups is 1. The highest BCUT2D eigenvalue weighted by Gasteiger charge is 2.23. The molecular weight excluding hydrogens is 386 g/mol. The first kappa shape index (κ1) is 19.7. The number of hydrogen-bond acceptors (Lipinski definition) is 5. The van der Waals surface area contributed by atoms with Gasteiger partial charge in [0.25, 0.3) is 5.91 Å². The largest absolute Gasteiger partial charge is 0.349 e. The zero-order valence-corrected chi connectivity index (χ0v) is 17.6. The van der Waals surface area contributed by atoms with Crippen molar-refractivity contribution in [1.82, 2.24) is 20.6 Å². The number of fused-ring (bicyclic) bond motifs is 1. The number of piperidine rings is 1. The number of nitrogens with zero attached hydrogens (tertiary/aromatic N) is 3. The van der Waals surface area contributed by atoms with Crippen LogP contribution in [0.25, 0.3) is 16.3 Å². The predicted molar refractivity (Wildman–Crippen MR) is 124 cm³/mol. The molecule has 0 radical (unpaired) electrons. The van der Waals surface area contributed by atoms with Gasteiger partial charge in [-0.25, -0.2) is 9.97 Å². The molecular formula is C25H27N5O. The number of benzene rings is 2. The fourth-order valence-corrected chi connectivity index (χ4v) is 4.58. The lowest BCUT2D eigenvalue weighted by Gasteiger charge is -2.32. The SMILES string of the molecule is O=C(NC1CCN(c2ncccn2)CC1)c1cccc2c(C3=CCCNC3)cccc12. The van der Waals surface area contributed by atoms with Gasteiger partial charge in [-0.2, -0.15) is 0 Å². The van der Waals surface area contributed by atoms with Gasteiger partial charge in [-0.3, -0.25) is 4.79 Å². The van der Waals surface area contributed by atoms with Gasteiger partial charge in [-0.05, 0) is 59.8 Å². The molecule has 3 heterocycles. The summed E-state index contributed by atoms with van der Waals surface area (Å²) in [4.78, 5) is 24.0. The van der Waals surface area contributed by atoms with Crippen LogP contribution in [-0.4, -0.2) is 48.1 Å². The van der Waals surface area contributed by atoms with Crippen molar-refractivity contribution in [3.63, 3.8) is 0 Å². The maximum atomic E-state index is 13.2. The maximum absolute atomic E-state index is 13.2. The Morgan fingerprint density at radius 3 is 2.55 bits per heavy atom. The topological polar surface area (TPSA) is 70.2 Å². The second kappa shape index (κ2) is 8.86. The second-order valence-corrected chi connectivity index (χ2v) is 8.18. The van der Waals surface area contributed by atoms with Crippen molar-refractivity contribution >= 4 is 28.2 Å². The average molecular weight is 414 g/mol. The van der Waals surface area contributed by atoms with Crippen LogP contribution in [0.15, 0.2) is 60.9 Å². The number of aromatic nitrogens is 2. The highest BCUT2D eigenvalue weighted by molar-refractivity contribution is 6.09. The second-order valence-electron chi connectivity index (χ2n) is 8.18. The van der Waals surface area contributed by atoms with Gasteiger partial charge in [0.1, 0.15) is 0 Å². The van der Waals surface area contributed by atoms with Crippen molar-refractivity contribution in [1.29, 1.82) is 0 Å². The number of carbonyl (C=O) groups excluding carboxylic acids is 1. The summed E-state index contributed by atoms with van der Waals surface area (Å²) in [5.74, 6) is 0.772. The van der Waals surface area contributed by atoms with Crippen LogP contribution in [0.3, 0.4) is 0 Å². The molecule has 31 heavy (non-hydrogen) atoms. The zero-order chi connectivity index (χ0) is 21.0. The third-order valence-electron chi connectivity index (χ3n) is 6.21. The molecule has 0 atom stereocenters. The molecule has 2 aliphatic heterocycles. The smallest absolute Gasteiger partial charge is 0.252 e. The molecule has 5 rings (SSSR count). The number of nitrogens with one attached hydrogen (secondary N) is 2. The van der Waals surface area contributed by atoms with E-state index in [0.29, 0.717) is 0 Å². The third kappa shape index (κ3) is 4.16. The van der Waals surface area contributed by atoms with E-state index in [1.54, 1.807) is 12.4 Å². The number of hydrogen-bond donors (Lipinski definition) is 2. The van der Waals surface area contributed by atoms with Gasteiger partial charge >= 0.3 is 0 Å². The summed E-state index contributed by atoms with van der Waals surface area (Å²) in [6.07, 6.45) is 8.66. The Morgan fingerprint density at radius 1 is 1.00 bits per heavy atom. The van der Waals surface area contributed by atoms with Crippen LogP contribution in [0, 0.1) is 0 Å². The highest BCUT2D eigenvalue weighted by Crippen LogP contribution is 2.28. The molecule has 3 aromatic rings. The Hall–Kier alpha value is -3.25. The van der Waals surface area contributed by atoms with E-state index in [1.807, 2.05) is 18.2 Å². The van der Waals surface area contributed by atoms with Crippen molar-refractivity contribution in [3.8, 4) is 0 Å². The van der Waals surface area contributed by atoms with Crippen LogP contribution in [0.5, 0.6) is 0 Å². The Labute approximate surface area is 182 Å². The Bertz CT molecular complexity index is 1100. The molecule has 0 bridgehead atoms. The number of anilines is 1. The summed E-state index contributed by atoms with van der Waals surface area (Å²) in [5.41, 5.74) is 3.28. The summed E-state index contributed by atoms with van der Waals surface area (Å²) < 4.78 is 0. The van der Waals surface area contributed by atoms with Crippen LogP contribution >= 0.6 is 0 Å². The summed E-state index contributed by atoms with van der Waals surface area (Å²) in [6, 6.07) is 14.3. The molecule has 6 heteroatoms. The average Bonchev–Trinajstić information content (AvgIpc) is 2.85. The lowest BCUT2D eigenvalue weighted by atomic mass is 9.93. The van der Waals surface area contributed by atoms with E-state index in [9.17, 15) is 4.79 Å².